The van der Waals surface area contributed by atoms with Gasteiger partial charge in [0.05, 0.1) is 0 Å². The van der Waals surface area contributed by atoms with Gasteiger partial charge in [0.1, 0.15) is 5.54 Å². The van der Waals surface area contributed by atoms with Gasteiger partial charge >= 0.3 is 6.03 Å². The van der Waals surface area contributed by atoms with Gasteiger partial charge in [0.25, 0.3) is 5.91 Å². The molecule has 2 saturated heterocycles. The van der Waals surface area contributed by atoms with E-state index in [1.165, 1.54) is 4.90 Å². The molecule has 2 heterocycles. The Morgan fingerprint density at radius 1 is 1.20 bits per heavy atom. The second kappa shape index (κ2) is 10.6. The first kappa shape index (κ1) is 24.6. The molecule has 7 nitrogen and oxygen atoms in total. The van der Waals surface area contributed by atoms with Crippen molar-refractivity contribution in [2.45, 2.75) is 71.8 Å². The Balaban J connectivity index is 2.11. The van der Waals surface area contributed by atoms with Gasteiger partial charge in [-0.05, 0) is 57.5 Å². The number of carbonyl (C=O) groups excluding carboxylic acids is 3. The van der Waals surface area contributed by atoms with Crippen molar-refractivity contribution in [1.29, 1.82) is 0 Å². The number of piperidine rings is 1. The van der Waals surface area contributed by atoms with Crippen LogP contribution in [-0.4, -0.2) is 78.4 Å². The van der Waals surface area contributed by atoms with Crippen LogP contribution in [0.25, 0.3) is 0 Å². The highest BCUT2D eigenvalue weighted by Gasteiger charge is 2.55. The smallest absolute Gasteiger partial charge is 0.325 e. The molecule has 2 fully saturated rings. The summed E-state index contributed by atoms with van der Waals surface area (Å²) in [5, 5.41) is 3.12. The number of imide groups is 1. The number of rotatable bonds is 10. The molecule has 0 saturated carbocycles. The van der Waals surface area contributed by atoms with Crippen molar-refractivity contribution in [3.8, 4) is 0 Å². The largest absolute Gasteiger partial charge is 0.343 e. The lowest BCUT2D eigenvalue weighted by Gasteiger charge is -2.41. The summed E-state index contributed by atoms with van der Waals surface area (Å²) in [6.07, 6.45) is 4.67. The number of carbonyl (C=O) groups is 3. The van der Waals surface area contributed by atoms with Crippen molar-refractivity contribution in [2.75, 3.05) is 40.3 Å². The van der Waals surface area contributed by atoms with E-state index in [9.17, 15) is 14.4 Å². The molecule has 0 bridgehead atoms. The normalized spacial score (nSPS) is 24.1. The number of likely N-dealkylation sites (N-methyl/N-ethyl adjacent to an activating group) is 1. The Morgan fingerprint density at radius 3 is 2.37 bits per heavy atom. The molecular weight excluding hydrogens is 380 g/mol. The fourth-order valence-electron chi connectivity index (χ4n) is 4.51. The Morgan fingerprint density at radius 2 is 1.83 bits per heavy atom. The van der Waals surface area contributed by atoms with Crippen LogP contribution >= 0.6 is 0 Å². The predicted molar refractivity (Wildman–Crippen MR) is 119 cm³/mol. The lowest BCUT2D eigenvalue weighted by molar-refractivity contribution is -0.136. The Bertz CT molecular complexity index is 614. The summed E-state index contributed by atoms with van der Waals surface area (Å²) in [7, 11) is 3.88. The molecule has 0 aromatic carbocycles. The number of nitrogens with zero attached hydrogens (tertiary/aromatic N) is 3. The SMILES string of the molecule is CCC(C)CC(=O)N1CCC(C2(CCC(C)C)NC(=O)N(CCN(C)C)C2=O)CC1. The van der Waals surface area contributed by atoms with Gasteiger partial charge in [0.15, 0.2) is 0 Å². The first-order valence-electron chi connectivity index (χ1n) is 11.7. The second-order valence-corrected chi connectivity index (χ2v) is 9.97. The quantitative estimate of drug-likeness (QED) is 0.550. The number of likely N-dealkylation sites (tertiary alicyclic amines) is 1. The van der Waals surface area contributed by atoms with Gasteiger partial charge in [-0.25, -0.2) is 4.79 Å². The zero-order valence-corrected chi connectivity index (χ0v) is 19.9. The van der Waals surface area contributed by atoms with Crippen molar-refractivity contribution >= 4 is 17.8 Å². The van der Waals surface area contributed by atoms with Crippen LogP contribution < -0.4 is 5.32 Å². The molecule has 2 rings (SSSR count). The van der Waals surface area contributed by atoms with Crippen molar-refractivity contribution in [2.24, 2.45) is 17.8 Å². The van der Waals surface area contributed by atoms with Crippen LogP contribution in [0.2, 0.25) is 0 Å². The van der Waals surface area contributed by atoms with Gasteiger partial charge < -0.3 is 15.1 Å². The molecule has 0 aromatic rings. The molecule has 30 heavy (non-hydrogen) atoms. The van der Waals surface area contributed by atoms with E-state index in [1.54, 1.807) is 0 Å². The third kappa shape index (κ3) is 5.74. The molecule has 2 unspecified atom stereocenters. The Labute approximate surface area is 182 Å². The van der Waals surface area contributed by atoms with E-state index >= 15 is 0 Å². The number of nitrogens with one attached hydrogen (secondary N) is 1. The second-order valence-electron chi connectivity index (χ2n) is 9.97. The summed E-state index contributed by atoms with van der Waals surface area (Å²) < 4.78 is 0. The third-order valence-corrected chi connectivity index (χ3v) is 6.85. The number of hydrogen-bond donors (Lipinski definition) is 1. The molecule has 0 radical (unpaired) electrons. The van der Waals surface area contributed by atoms with Gasteiger partial charge in [0, 0.05) is 32.6 Å². The molecule has 0 spiro atoms. The molecule has 4 amide bonds. The summed E-state index contributed by atoms with van der Waals surface area (Å²) in [4.78, 5) is 44.2. The van der Waals surface area contributed by atoms with Gasteiger partial charge in [-0.3, -0.25) is 14.5 Å². The molecule has 0 aromatic heterocycles. The fraction of sp³-hybridized carbons (Fsp3) is 0.870. The van der Waals surface area contributed by atoms with E-state index in [2.05, 4.69) is 33.0 Å². The third-order valence-electron chi connectivity index (χ3n) is 6.85. The van der Waals surface area contributed by atoms with Crippen LogP contribution in [0.3, 0.4) is 0 Å². The van der Waals surface area contributed by atoms with Gasteiger partial charge in [-0.1, -0.05) is 34.1 Å². The van der Waals surface area contributed by atoms with Crippen LogP contribution in [0.15, 0.2) is 0 Å². The van der Waals surface area contributed by atoms with Gasteiger partial charge in [-0.2, -0.15) is 0 Å². The van der Waals surface area contributed by atoms with E-state index in [0.29, 0.717) is 50.9 Å². The highest BCUT2D eigenvalue weighted by atomic mass is 16.2. The minimum atomic E-state index is -0.820. The molecule has 2 atom stereocenters. The van der Waals surface area contributed by atoms with Crippen molar-refractivity contribution in [3.63, 3.8) is 0 Å². The molecule has 172 valence electrons. The number of amides is 4. The maximum Gasteiger partial charge on any atom is 0.325 e. The minimum absolute atomic E-state index is 0.0700. The highest BCUT2D eigenvalue weighted by molar-refractivity contribution is 6.07. The first-order valence-corrected chi connectivity index (χ1v) is 11.7. The maximum atomic E-state index is 13.5. The summed E-state index contributed by atoms with van der Waals surface area (Å²) in [6.45, 7) is 10.9. The lowest BCUT2D eigenvalue weighted by Crippen LogP contribution is -2.56. The molecule has 1 N–H and O–H groups in total. The van der Waals surface area contributed by atoms with E-state index in [-0.39, 0.29) is 23.8 Å². The van der Waals surface area contributed by atoms with Crippen LogP contribution in [0.1, 0.15) is 66.2 Å². The highest BCUT2D eigenvalue weighted by Crippen LogP contribution is 2.38. The van der Waals surface area contributed by atoms with Crippen molar-refractivity contribution in [3.05, 3.63) is 0 Å². The number of urea groups is 1. The summed E-state index contributed by atoms with van der Waals surface area (Å²) >= 11 is 0. The molecule has 2 aliphatic rings. The van der Waals surface area contributed by atoms with Crippen LogP contribution in [0.5, 0.6) is 0 Å². The molecular formula is C23H42N4O3. The van der Waals surface area contributed by atoms with Crippen LogP contribution in [-0.2, 0) is 9.59 Å². The monoisotopic (exact) mass is 422 g/mol. The van der Waals surface area contributed by atoms with Crippen LogP contribution in [0, 0.1) is 17.8 Å². The predicted octanol–water partition coefficient (Wildman–Crippen LogP) is 2.95. The molecule has 2 aliphatic heterocycles. The summed E-state index contributed by atoms with van der Waals surface area (Å²) in [6, 6.07) is -0.263. The summed E-state index contributed by atoms with van der Waals surface area (Å²) in [5.41, 5.74) is -0.820. The summed E-state index contributed by atoms with van der Waals surface area (Å²) in [5.74, 6) is 1.07. The van der Waals surface area contributed by atoms with Gasteiger partial charge in [-0.15, -0.1) is 0 Å². The van der Waals surface area contributed by atoms with E-state index in [4.69, 9.17) is 0 Å². The standard InChI is InChI=1S/C23H42N4O3/c1-7-18(4)16-20(28)26-12-9-19(10-13-26)23(11-8-17(2)3)21(29)27(22(30)24-23)15-14-25(5)6/h17-19H,7-16H2,1-6H3,(H,24,30). The first-order chi connectivity index (χ1) is 14.1. The lowest BCUT2D eigenvalue weighted by atomic mass is 9.73. The minimum Gasteiger partial charge on any atom is -0.343 e. The zero-order chi connectivity index (χ0) is 22.5. The van der Waals surface area contributed by atoms with E-state index < -0.39 is 5.54 Å². The van der Waals surface area contributed by atoms with Gasteiger partial charge in [0.2, 0.25) is 5.91 Å². The zero-order valence-electron chi connectivity index (χ0n) is 19.9. The Hall–Kier alpha value is -1.63. The van der Waals surface area contributed by atoms with E-state index in [0.717, 1.165) is 25.7 Å². The topological polar surface area (TPSA) is 73.0 Å². The average Bonchev–Trinajstić information content (AvgIpc) is 2.95. The average molecular weight is 423 g/mol. The maximum absolute atomic E-state index is 13.5. The Kier molecular flexibility index (Phi) is 8.71. The molecule has 7 heteroatoms. The molecule has 0 aliphatic carbocycles. The van der Waals surface area contributed by atoms with Crippen molar-refractivity contribution < 1.29 is 14.4 Å². The van der Waals surface area contributed by atoms with Crippen LogP contribution in [0.4, 0.5) is 4.79 Å². The fourth-order valence-corrected chi connectivity index (χ4v) is 4.51. The van der Waals surface area contributed by atoms with Crippen molar-refractivity contribution in [1.82, 2.24) is 20.0 Å². The number of hydrogen-bond acceptors (Lipinski definition) is 4. The van der Waals surface area contributed by atoms with E-state index in [1.807, 2.05) is 23.9 Å².